The highest BCUT2D eigenvalue weighted by molar-refractivity contribution is 5.88. The summed E-state index contributed by atoms with van der Waals surface area (Å²) in [5.41, 5.74) is 4.73. The van der Waals surface area contributed by atoms with Gasteiger partial charge in [-0.15, -0.1) is 0 Å². The molecule has 1 unspecified atom stereocenters. The van der Waals surface area contributed by atoms with Gasteiger partial charge < -0.3 is 5.32 Å². The van der Waals surface area contributed by atoms with Gasteiger partial charge in [-0.1, -0.05) is 31.6 Å². The lowest BCUT2D eigenvalue weighted by Crippen LogP contribution is -2.49. The van der Waals surface area contributed by atoms with Crippen LogP contribution < -0.4 is 5.32 Å². The van der Waals surface area contributed by atoms with Crippen LogP contribution in [0.15, 0.2) is 42.3 Å². The Morgan fingerprint density at radius 2 is 2.04 bits per heavy atom. The van der Waals surface area contributed by atoms with Gasteiger partial charge in [0.25, 0.3) is 0 Å². The largest absolute Gasteiger partial charge is 0.353 e. The lowest BCUT2D eigenvalue weighted by molar-refractivity contribution is -0.116. The molecule has 5 rings (SSSR count). The Morgan fingerprint density at radius 3 is 2.85 bits per heavy atom. The van der Waals surface area contributed by atoms with E-state index in [4.69, 9.17) is 0 Å². The summed E-state index contributed by atoms with van der Waals surface area (Å²) in [6, 6.07) is 4.29. The smallest absolute Gasteiger partial charge is 0.243 e. The second-order valence-corrected chi connectivity index (χ2v) is 9.59. The fraction of sp³-hybridized carbons (Fsp3) is 0.583. The number of nitrogens with one attached hydrogen (secondary N) is 1. The minimum Gasteiger partial charge on any atom is -0.353 e. The molecule has 5 atom stereocenters. The van der Waals surface area contributed by atoms with Crippen LogP contribution in [-0.4, -0.2) is 17.4 Å². The second-order valence-electron chi connectivity index (χ2n) is 9.59. The van der Waals surface area contributed by atoms with E-state index in [9.17, 15) is 4.79 Å². The van der Waals surface area contributed by atoms with Gasteiger partial charge in [0.05, 0.1) is 0 Å². The lowest BCUT2D eigenvalue weighted by atomic mass is 9.47. The predicted octanol–water partition coefficient (Wildman–Crippen LogP) is 4.76. The van der Waals surface area contributed by atoms with Crippen molar-refractivity contribution in [2.75, 3.05) is 6.54 Å². The van der Waals surface area contributed by atoms with Crippen LogP contribution in [-0.2, 0) is 4.79 Å². The Hall–Kier alpha value is -1.90. The van der Waals surface area contributed by atoms with Crippen molar-refractivity contribution < 1.29 is 4.79 Å². The molecule has 1 aromatic heterocycles. The Morgan fingerprint density at radius 1 is 1.15 bits per heavy atom. The molecule has 2 fully saturated rings. The zero-order valence-electron chi connectivity index (χ0n) is 16.5. The topological polar surface area (TPSA) is 42.0 Å². The van der Waals surface area contributed by atoms with Gasteiger partial charge in [-0.25, -0.2) is 0 Å². The van der Waals surface area contributed by atoms with Crippen molar-refractivity contribution >= 4 is 11.5 Å². The highest BCUT2D eigenvalue weighted by Gasteiger charge is 2.56. The summed E-state index contributed by atoms with van der Waals surface area (Å²) in [6.45, 7) is 5.77. The number of hydrogen-bond acceptors (Lipinski definition) is 2. The fourth-order valence-electron chi connectivity index (χ4n) is 7.10. The molecule has 0 aromatic carbocycles. The van der Waals surface area contributed by atoms with Gasteiger partial charge in [-0.05, 0) is 84.3 Å². The summed E-state index contributed by atoms with van der Waals surface area (Å²) in [4.78, 5) is 16.4. The molecule has 27 heavy (non-hydrogen) atoms. The van der Waals surface area contributed by atoms with Crippen LogP contribution in [0.2, 0.25) is 0 Å². The average Bonchev–Trinajstić information content (AvgIpc) is 2.93. The standard InChI is InChI=1S/C24H30N2O/c1-23-11-13-26-22(27)14-17(23)5-6-18-20-8-7-19(16-4-3-12-25-15-16)24(20,2)10-9-21(18)23/h3-4,7,12,14-15,18,20-21H,5-6,8-11,13H2,1-2H3,(H,26,27)/t18-,20-,21?,23-,24+/m0/s1. The third kappa shape index (κ3) is 2.47. The first kappa shape index (κ1) is 17.2. The van der Waals surface area contributed by atoms with Gasteiger partial charge in [-0.2, -0.15) is 0 Å². The molecule has 3 nitrogen and oxygen atoms in total. The third-order valence-corrected chi connectivity index (χ3v) is 8.54. The van der Waals surface area contributed by atoms with Crippen LogP contribution in [0.1, 0.15) is 57.9 Å². The van der Waals surface area contributed by atoms with Crippen LogP contribution in [0.5, 0.6) is 0 Å². The highest BCUT2D eigenvalue weighted by Crippen LogP contribution is 2.66. The molecule has 4 aliphatic rings. The highest BCUT2D eigenvalue weighted by atomic mass is 16.1. The second kappa shape index (κ2) is 6.05. The molecular weight excluding hydrogens is 332 g/mol. The van der Waals surface area contributed by atoms with Crippen LogP contribution in [0.3, 0.4) is 0 Å². The summed E-state index contributed by atoms with van der Waals surface area (Å²) >= 11 is 0. The maximum Gasteiger partial charge on any atom is 0.243 e. The number of amides is 1. The van der Waals surface area contributed by atoms with Gasteiger partial charge in [0, 0.05) is 25.0 Å². The lowest BCUT2D eigenvalue weighted by Gasteiger charge is -2.57. The Labute approximate surface area is 162 Å². The summed E-state index contributed by atoms with van der Waals surface area (Å²) < 4.78 is 0. The molecule has 1 aliphatic heterocycles. The molecule has 0 bridgehead atoms. The molecule has 2 saturated carbocycles. The molecule has 0 spiro atoms. The number of rotatable bonds is 1. The van der Waals surface area contributed by atoms with E-state index in [1.165, 1.54) is 42.4 Å². The number of allylic oxidation sites excluding steroid dienone is 3. The minimum absolute atomic E-state index is 0.120. The maximum absolute atomic E-state index is 12.1. The van der Waals surface area contributed by atoms with Crippen molar-refractivity contribution in [3.8, 4) is 0 Å². The van der Waals surface area contributed by atoms with Crippen LogP contribution in [0.25, 0.3) is 5.57 Å². The van der Waals surface area contributed by atoms with Gasteiger partial charge in [0.2, 0.25) is 5.91 Å². The van der Waals surface area contributed by atoms with E-state index in [1.807, 2.05) is 18.5 Å². The summed E-state index contributed by atoms with van der Waals surface area (Å²) in [6.07, 6.45) is 15.5. The van der Waals surface area contributed by atoms with E-state index in [2.05, 4.69) is 42.4 Å². The van der Waals surface area contributed by atoms with E-state index in [-0.39, 0.29) is 16.7 Å². The van der Waals surface area contributed by atoms with Crippen LogP contribution in [0.4, 0.5) is 0 Å². The quantitative estimate of drug-likeness (QED) is 0.782. The van der Waals surface area contributed by atoms with E-state index >= 15 is 0 Å². The molecule has 0 saturated heterocycles. The van der Waals surface area contributed by atoms with E-state index in [1.54, 1.807) is 0 Å². The van der Waals surface area contributed by atoms with Crippen molar-refractivity contribution in [2.45, 2.75) is 52.4 Å². The predicted molar refractivity (Wildman–Crippen MR) is 108 cm³/mol. The number of carbonyl (C=O) groups is 1. The number of fused-ring (bicyclic) bond motifs is 5. The first-order valence-electron chi connectivity index (χ1n) is 10.6. The first-order chi connectivity index (χ1) is 13.0. The van der Waals surface area contributed by atoms with Gasteiger partial charge in [0.1, 0.15) is 0 Å². The van der Waals surface area contributed by atoms with Crippen molar-refractivity contribution in [3.63, 3.8) is 0 Å². The molecule has 3 heteroatoms. The van der Waals surface area contributed by atoms with E-state index in [0.29, 0.717) is 5.92 Å². The maximum atomic E-state index is 12.1. The SMILES string of the molecule is C[C@]12CCNC(=O)C=C1CC[C@@H]1C2CC[C@]2(C)C(c3cccnc3)=CC[C@@H]12. The molecule has 3 aliphatic carbocycles. The first-order valence-corrected chi connectivity index (χ1v) is 10.6. The molecular formula is C24H30N2O. The van der Waals surface area contributed by atoms with Gasteiger partial charge in [0.15, 0.2) is 0 Å². The number of nitrogens with zero attached hydrogens (tertiary/aromatic N) is 1. The van der Waals surface area contributed by atoms with Gasteiger partial charge in [-0.3, -0.25) is 9.78 Å². The number of hydrogen-bond donors (Lipinski definition) is 1. The van der Waals surface area contributed by atoms with Crippen molar-refractivity contribution in [2.24, 2.45) is 28.6 Å². The van der Waals surface area contributed by atoms with E-state index in [0.717, 1.165) is 31.2 Å². The molecule has 2 heterocycles. The molecule has 1 N–H and O–H groups in total. The van der Waals surface area contributed by atoms with Crippen LogP contribution in [0, 0.1) is 28.6 Å². The van der Waals surface area contributed by atoms with Crippen LogP contribution >= 0.6 is 0 Å². The number of aromatic nitrogens is 1. The van der Waals surface area contributed by atoms with Crippen molar-refractivity contribution in [1.29, 1.82) is 0 Å². The summed E-state index contributed by atoms with van der Waals surface area (Å²) in [5, 5.41) is 3.07. The molecule has 0 radical (unpaired) electrons. The zero-order chi connectivity index (χ0) is 18.6. The van der Waals surface area contributed by atoms with Gasteiger partial charge >= 0.3 is 0 Å². The Bertz CT molecular complexity index is 826. The fourth-order valence-corrected chi connectivity index (χ4v) is 7.10. The molecule has 1 amide bonds. The summed E-state index contributed by atoms with van der Waals surface area (Å²) in [5.74, 6) is 2.33. The average molecular weight is 363 g/mol. The van der Waals surface area contributed by atoms with E-state index < -0.39 is 0 Å². The molecule has 142 valence electrons. The Balaban J connectivity index is 1.48. The van der Waals surface area contributed by atoms with Crippen molar-refractivity contribution in [1.82, 2.24) is 10.3 Å². The monoisotopic (exact) mass is 362 g/mol. The number of pyridine rings is 1. The van der Waals surface area contributed by atoms with Crippen molar-refractivity contribution in [3.05, 3.63) is 47.8 Å². The Kier molecular flexibility index (Phi) is 3.86. The number of carbonyl (C=O) groups excluding carboxylic acids is 1. The normalized spacial score (nSPS) is 40.7. The minimum atomic E-state index is 0.120. The zero-order valence-corrected chi connectivity index (χ0v) is 16.5. The summed E-state index contributed by atoms with van der Waals surface area (Å²) in [7, 11) is 0. The third-order valence-electron chi connectivity index (χ3n) is 8.54. The molecule has 1 aromatic rings.